The Bertz CT molecular complexity index is 747. The molecular weight excluding hydrogens is 270 g/mol. The van der Waals surface area contributed by atoms with Gasteiger partial charge in [0, 0.05) is 6.54 Å². The van der Waals surface area contributed by atoms with Gasteiger partial charge in [0.25, 0.3) is 0 Å². The van der Waals surface area contributed by atoms with E-state index >= 15 is 0 Å². The van der Waals surface area contributed by atoms with E-state index in [0.717, 1.165) is 5.69 Å². The molecule has 2 heterocycles. The van der Waals surface area contributed by atoms with Gasteiger partial charge in [0.15, 0.2) is 5.69 Å². The van der Waals surface area contributed by atoms with Crippen LogP contribution in [0.2, 0.25) is 0 Å². The van der Waals surface area contributed by atoms with Crippen LogP contribution in [0.1, 0.15) is 16.2 Å². The maximum atomic E-state index is 12.5. The number of hydrogen-bond donors (Lipinski definition) is 1. The first-order valence-corrected chi connectivity index (χ1v) is 6.40. The van der Waals surface area contributed by atoms with Gasteiger partial charge in [-0.2, -0.15) is 0 Å². The maximum absolute atomic E-state index is 12.5. The zero-order chi connectivity index (χ0) is 14.7. The quantitative estimate of drug-likeness (QED) is 0.663. The Labute approximate surface area is 120 Å². The van der Waals surface area contributed by atoms with Crippen LogP contribution in [-0.4, -0.2) is 42.3 Å². The largest absolute Gasteiger partial charge is 0.329 e. The maximum Gasteiger partial charge on any atom is 0.234 e. The molecule has 8 heteroatoms. The van der Waals surface area contributed by atoms with Gasteiger partial charge in [0.1, 0.15) is 5.69 Å². The molecule has 0 aliphatic heterocycles. The van der Waals surface area contributed by atoms with Gasteiger partial charge in [-0.1, -0.05) is 28.6 Å². The summed E-state index contributed by atoms with van der Waals surface area (Å²) in [7, 11) is 0. The molecule has 2 aromatic heterocycles. The summed E-state index contributed by atoms with van der Waals surface area (Å²) in [5, 5.41) is 15.5. The molecule has 0 amide bonds. The van der Waals surface area contributed by atoms with E-state index in [1.54, 1.807) is 6.20 Å². The van der Waals surface area contributed by atoms with E-state index in [4.69, 9.17) is 5.73 Å². The molecule has 0 aliphatic rings. The van der Waals surface area contributed by atoms with Crippen molar-refractivity contribution in [3.8, 4) is 5.69 Å². The second-order valence-corrected chi connectivity index (χ2v) is 4.35. The monoisotopic (exact) mass is 283 g/mol. The molecule has 1 aromatic carbocycles. The number of ketones is 1. The number of aromatic nitrogens is 6. The lowest BCUT2D eigenvalue weighted by Gasteiger charge is -2.03. The number of carbonyl (C=O) groups is 1. The van der Waals surface area contributed by atoms with E-state index in [0.29, 0.717) is 18.8 Å². The molecule has 21 heavy (non-hydrogen) atoms. The zero-order valence-corrected chi connectivity index (χ0v) is 11.1. The summed E-state index contributed by atoms with van der Waals surface area (Å²) in [5.74, 6) is -0.285. The van der Waals surface area contributed by atoms with Crippen LogP contribution < -0.4 is 5.73 Å². The summed E-state index contributed by atoms with van der Waals surface area (Å²) < 4.78 is 3.01. The van der Waals surface area contributed by atoms with Gasteiger partial charge in [-0.3, -0.25) is 9.48 Å². The molecule has 3 rings (SSSR count). The van der Waals surface area contributed by atoms with E-state index in [-0.39, 0.29) is 11.5 Å². The average Bonchev–Trinajstić information content (AvgIpc) is 3.17. The molecule has 8 nitrogen and oxygen atoms in total. The van der Waals surface area contributed by atoms with Gasteiger partial charge in [0.2, 0.25) is 5.78 Å². The highest BCUT2D eigenvalue weighted by atomic mass is 16.1. The van der Waals surface area contributed by atoms with E-state index in [9.17, 15) is 4.79 Å². The Morgan fingerprint density at radius 2 is 2.00 bits per heavy atom. The number of benzene rings is 1. The molecule has 0 saturated heterocycles. The number of rotatable bonds is 5. The van der Waals surface area contributed by atoms with Crippen molar-refractivity contribution < 1.29 is 4.79 Å². The summed E-state index contributed by atoms with van der Waals surface area (Å²) in [6.07, 6.45) is 2.98. The van der Waals surface area contributed by atoms with Crippen molar-refractivity contribution in [2.45, 2.75) is 6.54 Å². The van der Waals surface area contributed by atoms with Crippen LogP contribution in [-0.2, 0) is 6.54 Å². The molecule has 0 atom stereocenters. The lowest BCUT2D eigenvalue weighted by Crippen LogP contribution is -2.11. The zero-order valence-electron chi connectivity index (χ0n) is 11.1. The number of para-hydroxylation sites is 1. The van der Waals surface area contributed by atoms with Crippen molar-refractivity contribution in [1.29, 1.82) is 0 Å². The highest BCUT2D eigenvalue weighted by molar-refractivity contribution is 6.06. The highest BCUT2D eigenvalue weighted by Crippen LogP contribution is 2.12. The van der Waals surface area contributed by atoms with Crippen LogP contribution in [0.5, 0.6) is 0 Å². The standard InChI is InChI=1S/C13H13N7O/c14-6-7-19-9-11(16-18-19)13(21)12-8-15-17-20(12)10-4-2-1-3-5-10/h1-5,8-9H,6-7,14H2. The third kappa shape index (κ3) is 2.56. The number of nitrogens with zero attached hydrogens (tertiary/aromatic N) is 6. The Morgan fingerprint density at radius 1 is 1.19 bits per heavy atom. The lowest BCUT2D eigenvalue weighted by atomic mass is 10.2. The number of nitrogens with two attached hydrogens (primary N) is 1. The van der Waals surface area contributed by atoms with E-state index in [1.807, 2.05) is 30.3 Å². The number of hydrogen-bond acceptors (Lipinski definition) is 6. The van der Waals surface area contributed by atoms with Crippen LogP contribution in [0.4, 0.5) is 0 Å². The van der Waals surface area contributed by atoms with Crippen LogP contribution in [0.15, 0.2) is 42.7 Å². The van der Waals surface area contributed by atoms with Gasteiger partial charge < -0.3 is 5.73 Å². The molecule has 0 fully saturated rings. The van der Waals surface area contributed by atoms with E-state index in [2.05, 4.69) is 20.6 Å². The molecule has 0 saturated carbocycles. The van der Waals surface area contributed by atoms with Gasteiger partial charge in [-0.15, -0.1) is 10.2 Å². The average molecular weight is 283 g/mol. The molecule has 0 unspecified atom stereocenters. The van der Waals surface area contributed by atoms with Crippen LogP contribution in [0, 0.1) is 0 Å². The van der Waals surface area contributed by atoms with Gasteiger partial charge in [0.05, 0.1) is 24.6 Å². The molecule has 0 spiro atoms. The summed E-state index contributed by atoms with van der Waals surface area (Å²) >= 11 is 0. The summed E-state index contributed by atoms with van der Waals surface area (Å²) in [5.41, 5.74) is 6.77. The second-order valence-electron chi connectivity index (χ2n) is 4.35. The summed E-state index contributed by atoms with van der Waals surface area (Å²) in [4.78, 5) is 12.5. The van der Waals surface area contributed by atoms with Crippen molar-refractivity contribution in [3.63, 3.8) is 0 Å². The molecule has 0 aliphatic carbocycles. The minimum absolute atomic E-state index is 0.239. The summed E-state index contributed by atoms with van der Waals surface area (Å²) in [6, 6.07) is 9.30. The highest BCUT2D eigenvalue weighted by Gasteiger charge is 2.19. The fraction of sp³-hybridized carbons (Fsp3) is 0.154. The Kier molecular flexibility index (Phi) is 3.52. The molecule has 3 aromatic rings. The molecule has 0 radical (unpaired) electrons. The second kappa shape index (κ2) is 5.63. The third-order valence-corrected chi connectivity index (χ3v) is 2.91. The Balaban J connectivity index is 1.94. The van der Waals surface area contributed by atoms with Gasteiger partial charge in [-0.05, 0) is 12.1 Å². The lowest BCUT2D eigenvalue weighted by molar-refractivity contribution is 0.102. The fourth-order valence-electron chi connectivity index (χ4n) is 1.92. The third-order valence-electron chi connectivity index (χ3n) is 2.91. The number of carbonyl (C=O) groups excluding carboxylic acids is 1. The first-order valence-electron chi connectivity index (χ1n) is 6.40. The van der Waals surface area contributed by atoms with Gasteiger partial charge in [-0.25, -0.2) is 4.68 Å². The minimum Gasteiger partial charge on any atom is -0.329 e. The van der Waals surface area contributed by atoms with Crippen LogP contribution in [0.25, 0.3) is 5.69 Å². The van der Waals surface area contributed by atoms with Crippen molar-refractivity contribution >= 4 is 5.78 Å². The van der Waals surface area contributed by atoms with E-state index < -0.39 is 0 Å². The Hall–Kier alpha value is -2.87. The first-order chi connectivity index (χ1) is 10.3. The first kappa shape index (κ1) is 13.1. The topological polar surface area (TPSA) is 105 Å². The van der Waals surface area contributed by atoms with Crippen LogP contribution in [0.3, 0.4) is 0 Å². The van der Waals surface area contributed by atoms with Crippen molar-refractivity contribution in [1.82, 2.24) is 30.0 Å². The molecule has 106 valence electrons. The van der Waals surface area contributed by atoms with Crippen LogP contribution >= 0.6 is 0 Å². The Morgan fingerprint density at radius 3 is 2.76 bits per heavy atom. The fourth-order valence-corrected chi connectivity index (χ4v) is 1.92. The van der Waals surface area contributed by atoms with E-state index in [1.165, 1.54) is 15.6 Å². The van der Waals surface area contributed by atoms with Gasteiger partial charge >= 0.3 is 0 Å². The molecular formula is C13H13N7O. The molecule has 2 N–H and O–H groups in total. The summed E-state index contributed by atoms with van der Waals surface area (Å²) in [6.45, 7) is 0.941. The normalized spacial score (nSPS) is 10.7. The predicted octanol–water partition coefficient (Wildman–Crippen LogP) is 0.0485. The predicted molar refractivity (Wildman–Crippen MR) is 73.9 cm³/mol. The van der Waals surface area contributed by atoms with Crippen molar-refractivity contribution in [2.75, 3.05) is 6.54 Å². The SMILES string of the molecule is NCCn1cc(C(=O)c2cnnn2-c2ccccc2)nn1. The molecule has 0 bridgehead atoms. The smallest absolute Gasteiger partial charge is 0.234 e. The van der Waals surface area contributed by atoms with Crippen molar-refractivity contribution in [2.24, 2.45) is 5.73 Å². The minimum atomic E-state index is -0.285. The van der Waals surface area contributed by atoms with Crippen molar-refractivity contribution in [3.05, 3.63) is 54.1 Å².